The normalized spacial score (nSPS) is 19.4. The fourth-order valence-corrected chi connectivity index (χ4v) is 2.05. The molecule has 0 saturated carbocycles. The summed E-state index contributed by atoms with van der Waals surface area (Å²) in [6, 6.07) is 0. The van der Waals surface area contributed by atoms with E-state index in [1.165, 1.54) is 24.0 Å². The second-order valence-electron chi connectivity index (χ2n) is 7.69. The van der Waals surface area contributed by atoms with Crippen molar-refractivity contribution < 1.29 is 4.74 Å². The van der Waals surface area contributed by atoms with Crippen molar-refractivity contribution in [3.05, 3.63) is 36.0 Å². The SMILES string of the molecule is C=C/C(=C\C=C(/C)C(C)(C)CC)CC(C)CNCCC.CC1CO1. The molecule has 24 heavy (non-hydrogen) atoms. The van der Waals surface area contributed by atoms with Gasteiger partial charge in [-0.1, -0.05) is 65.0 Å². The van der Waals surface area contributed by atoms with Crippen LogP contribution < -0.4 is 5.32 Å². The Morgan fingerprint density at radius 1 is 1.33 bits per heavy atom. The molecule has 0 bridgehead atoms. The summed E-state index contributed by atoms with van der Waals surface area (Å²) in [5.41, 5.74) is 3.06. The van der Waals surface area contributed by atoms with Crippen LogP contribution in [0.25, 0.3) is 0 Å². The Morgan fingerprint density at radius 2 is 1.92 bits per heavy atom. The number of ether oxygens (including phenoxy) is 1. The van der Waals surface area contributed by atoms with Gasteiger partial charge in [0.15, 0.2) is 0 Å². The van der Waals surface area contributed by atoms with E-state index < -0.39 is 0 Å². The minimum atomic E-state index is 0.289. The molecule has 0 aromatic heterocycles. The van der Waals surface area contributed by atoms with Gasteiger partial charge < -0.3 is 10.1 Å². The van der Waals surface area contributed by atoms with Crippen LogP contribution in [-0.2, 0) is 4.74 Å². The zero-order valence-electron chi connectivity index (χ0n) is 17.2. The van der Waals surface area contributed by atoms with Gasteiger partial charge in [0.25, 0.3) is 0 Å². The van der Waals surface area contributed by atoms with Crippen LogP contribution in [0.5, 0.6) is 0 Å². The highest BCUT2D eigenvalue weighted by Crippen LogP contribution is 2.29. The maximum absolute atomic E-state index is 4.71. The summed E-state index contributed by atoms with van der Waals surface area (Å²) in [6.45, 7) is 22.8. The molecule has 2 atom stereocenters. The van der Waals surface area contributed by atoms with E-state index in [9.17, 15) is 0 Å². The van der Waals surface area contributed by atoms with Gasteiger partial charge in [0, 0.05) is 0 Å². The van der Waals surface area contributed by atoms with Gasteiger partial charge in [0.1, 0.15) is 0 Å². The molecule has 2 nitrogen and oxygen atoms in total. The summed E-state index contributed by atoms with van der Waals surface area (Å²) in [5.74, 6) is 0.652. The molecule has 140 valence electrons. The first kappa shape index (κ1) is 23.1. The van der Waals surface area contributed by atoms with Crippen LogP contribution in [0.4, 0.5) is 0 Å². The molecule has 1 aliphatic rings. The van der Waals surface area contributed by atoms with Crippen molar-refractivity contribution in [2.45, 2.75) is 73.8 Å². The summed E-state index contributed by atoms with van der Waals surface area (Å²) < 4.78 is 4.71. The van der Waals surface area contributed by atoms with E-state index in [0.29, 0.717) is 12.0 Å². The Balaban J connectivity index is 0.00000114. The summed E-state index contributed by atoms with van der Waals surface area (Å²) in [5, 5.41) is 3.49. The molecule has 0 aliphatic carbocycles. The molecule has 1 aliphatic heterocycles. The van der Waals surface area contributed by atoms with Gasteiger partial charge in [-0.15, -0.1) is 0 Å². The minimum Gasteiger partial charge on any atom is -0.373 e. The Hall–Kier alpha value is -0.860. The van der Waals surface area contributed by atoms with Crippen LogP contribution in [0.3, 0.4) is 0 Å². The van der Waals surface area contributed by atoms with Crippen molar-refractivity contribution >= 4 is 0 Å². The molecular weight excluding hydrogens is 294 g/mol. The summed E-state index contributed by atoms with van der Waals surface area (Å²) in [7, 11) is 0. The predicted molar refractivity (Wildman–Crippen MR) is 108 cm³/mol. The highest BCUT2D eigenvalue weighted by molar-refractivity contribution is 5.26. The highest BCUT2D eigenvalue weighted by atomic mass is 16.6. The first-order valence-corrected chi connectivity index (χ1v) is 9.59. The van der Waals surface area contributed by atoms with Gasteiger partial charge in [-0.25, -0.2) is 0 Å². The maximum atomic E-state index is 4.71. The predicted octanol–water partition coefficient (Wildman–Crippen LogP) is 5.91. The number of epoxide rings is 1. The second-order valence-corrected chi connectivity index (χ2v) is 7.69. The third-order valence-corrected chi connectivity index (χ3v) is 4.76. The zero-order chi connectivity index (χ0) is 18.6. The molecule has 1 rings (SSSR count). The zero-order valence-corrected chi connectivity index (χ0v) is 17.2. The van der Waals surface area contributed by atoms with Gasteiger partial charge in [-0.05, 0) is 63.1 Å². The molecule has 1 heterocycles. The molecular formula is C22H41NO. The molecule has 0 radical (unpaired) electrons. The van der Waals surface area contributed by atoms with E-state index in [0.717, 1.165) is 26.1 Å². The van der Waals surface area contributed by atoms with E-state index >= 15 is 0 Å². The third kappa shape index (κ3) is 11.6. The monoisotopic (exact) mass is 335 g/mol. The Morgan fingerprint density at radius 3 is 2.33 bits per heavy atom. The van der Waals surface area contributed by atoms with Crippen LogP contribution in [-0.4, -0.2) is 25.8 Å². The Kier molecular flexibility index (Phi) is 12.0. The van der Waals surface area contributed by atoms with E-state index in [2.05, 4.69) is 72.5 Å². The van der Waals surface area contributed by atoms with Gasteiger partial charge >= 0.3 is 0 Å². The lowest BCUT2D eigenvalue weighted by Gasteiger charge is -2.23. The second kappa shape index (κ2) is 12.5. The standard InChI is InChI=1S/C19H35N.C3H6O/c1-8-13-20-15-16(4)14-18(9-2)12-11-17(5)19(6,7)10-3;1-3-2-4-3/h9,11-12,16,20H,2,8,10,13-15H2,1,3-7H3;3H,2H2,1H3/b17-11+,18-12+;. The van der Waals surface area contributed by atoms with E-state index in [1.807, 2.05) is 6.08 Å². The number of hydrogen-bond acceptors (Lipinski definition) is 2. The first-order chi connectivity index (χ1) is 11.3. The van der Waals surface area contributed by atoms with Crippen LogP contribution >= 0.6 is 0 Å². The fourth-order valence-electron chi connectivity index (χ4n) is 2.05. The smallest absolute Gasteiger partial charge is 0.0781 e. The Bertz CT molecular complexity index is 402. The number of nitrogens with one attached hydrogen (secondary N) is 1. The van der Waals surface area contributed by atoms with Crippen LogP contribution in [0.1, 0.15) is 67.7 Å². The van der Waals surface area contributed by atoms with Crippen molar-refractivity contribution in [1.29, 1.82) is 0 Å². The summed E-state index contributed by atoms with van der Waals surface area (Å²) in [6.07, 6.45) is 10.6. The molecule has 2 unspecified atom stereocenters. The van der Waals surface area contributed by atoms with Crippen LogP contribution in [0.15, 0.2) is 36.0 Å². The highest BCUT2D eigenvalue weighted by Gasteiger charge is 2.16. The molecule has 0 amide bonds. The van der Waals surface area contributed by atoms with Crippen molar-refractivity contribution in [2.24, 2.45) is 11.3 Å². The first-order valence-electron chi connectivity index (χ1n) is 9.59. The largest absolute Gasteiger partial charge is 0.373 e. The van der Waals surface area contributed by atoms with Crippen molar-refractivity contribution in [3.63, 3.8) is 0 Å². The van der Waals surface area contributed by atoms with E-state index in [-0.39, 0.29) is 5.41 Å². The third-order valence-electron chi connectivity index (χ3n) is 4.76. The molecule has 1 N–H and O–H groups in total. The lowest BCUT2D eigenvalue weighted by Crippen LogP contribution is -2.22. The molecule has 0 aromatic rings. The number of hydrogen-bond donors (Lipinski definition) is 1. The number of allylic oxidation sites excluding steroid dienone is 5. The van der Waals surface area contributed by atoms with E-state index in [4.69, 9.17) is 4.74 Å². The van der Waals surface area contributed by atoms with Crippen molar-refractivity contribution in [3.8, 4) is 0 Å². The van der Waals surface area contributed by atoms with Gasteiger partial charge in [0.2, 0.25) is 0 Å². The average Bonchev–Trinajstić information content (AvgIpc) is 3.34. The lowest BCUT2D eigenvalue weighted by atomic mass is 9.82. The molecule has 1 saturated heterocycles. The Labute approximate surface area is 151 Å². The van der Waals surface area contributed by atoms with Gasteiger partial charge in [-0.2, -0.15) is 0 Å². The fraction of sp³-hybridized carbons (Fsp3) is 0.727. The van der Waals surface area contributed by atoms with Crippen LogP contribution in [0.2, 0.25) is 0 Å². The molecule has 0 aromatic carbocycles. The molecule has 0 spiro atoms. The van der Waals surface area contributed by atoms with Crippen molar-refractivity contribution in [1.82, 2.24) is 5.32 Å². The maximum Gasteiger partial charge on any atom is 0.0781 e. The topological polar surface area (TPSA) is 24.6 Å². The average molecular weight is 336 g/mol. The van der Waals surface area contributed by atoms with Crippen molar-refractivity contribution in [2.75, 3.05) is 19.7 Å². The molecule has 2 heteroatoms. The van der Waals surface area contributed by atoms with E-state index in [1.54, 1.807) is 0 Å². The summed E-state index contributed by atoms with van der Waals surface area (Å²) >= 11 is 0. The number of rotatable bonds is 10. The van der Waals surface area contributed by atoms with Gasteiger partial charge in [-0.3, -0.25) is 0 Å². The molecule has 1 fully saturated rings. The summed E-state index contributed by atoms with van der Waals surface area (Å²) in [4.78, 5) is 0. The van der Waals surface area contributed by atoms with Crippen LogP contribution in [0, 0.1) is 11.3 Å². The van der Waals surface area contributed by atoms with Gasteiger partial charge in [0.05, 0.1) is 12.7 Å². The quantitative estimate of drug-likeness (QED) is 0.305. The minimum absolute atomic E-state index is 0.289. The lowest BCUT2D eigenvalue weighted by molar-refractivity contribution is 0.423.